The van der Waals surface area contributed by atoms with E-state index < -0.39 is 12.0 Å². The lowest BCUT2D eigenvalue weighted by Gasteiger charge is -2.18. The molecule has 1 atom stereocenters. The molecular formula is C16H23NO3. The van der Waals surface area contributed by atoms with Crippen LogP contribution >= 0.6 is 0 Å². The van der Waals surface area contributed by atoms with Gasteiger partial charge in [-0.3, -0.25) is 4.79 Å². The monoisotopic (exact) mass is 277 g/mol. The third kappa shape index (κ3) is 5.03. The molecule has 1 amide bonds. The maximum atomic E-state index is 10.8. The quantitative estimate of drug-likeness (QED) is 0.924. The van der Waals surface area contributed by atoms with E-state index in [-0.39, 0.29) is 5.91 Å². The number of likely N-dealkylation sites (tertiary alicyclic amines) is 1. The van der Waals surface area contributed by atoms with Gasteiger partial charge in [0.05, 0.1) is 0 Å². The molecule has 2 rings (SSSR count). The summed E-state index contributed by atoms with van der Waals surface area (Å²) in [6, 6.07) is 10.00. The smallest absolute Gasteiger partial charge is 0.326 e. The average molecular weight is 277 g/mol. The second kappa shape index (κ2) is 8.35. The van der Waals surface area contributed by atoms with Gasteiger partial charge < -0.3 is 10.0 Å². The van der Waals surface area contributed by atoms with E-state index in [4.69, 9.17) is 5.11 Å². The summed E-state index contributed by atoms with van der Waals surface area (Å²) in [4.78, 5) is 22.8. The maximum absolute atomic E-state index is 10.8. The minimum absolute atomic E-state index is 0.144. The minimum Gasteiger partial charge on any atom is -0.480 e. The fourth-order valence-electron chi connectivity index (χ4n) is 2.33. The molecule has 1 aromatic rings. The van der Waals surface area contributed by atoms with Crippen LogP contribution in [-0.2, 0) is 16.0 Å². The Balaban J connectivity index is 0.000000204. The van der Waals surface area contributed by atoms with Gasteiger partial charge in [0.25, 0.3) is 0 Å². The van der Waals surface area contributed by atoms with Gasteiger partial charge in [-0.2, -0.15) is 0 Å². The number of hydrogen-bond acceptors (Lipinski definition) is 2. The summed E-state index contributed by atoms with van der Waals surface area (Å²) in [7, 11) is 0. The highest BCUT2D eigenvalue weighted by Crippen LogP contribution is 2.16. The van der Waals surface area contributed by atoms with E-state index in [1.807, 2.05) is 0 Å². The highest BCUT2D eigenvalue weighted by molar-refractivity contribution is 5.82. The molecular weight excluding hydrogens is 254 g/mol. The lowest BCUT2D eigenvalue weighted by Crippen LogP contribution is -2.38. The van der Waals surface area contributed by atoms with E-state index in [0.29, 0.717) is 13.0 Å². The van der Waals surface area contributed by atoms with E-state index in [2.05, 4.69) is 37.3 Å². The first-order chi connectivity index (χ1) is 9.56. The van der Waals surface area contributed by atoms with Crippen molar-refractivity contribution in [2.75, 3.05) is 6.54 Å². The van der Waals surface area contributed by atoms with Crippen LogP contribution < -0.4 is 0 Å². The van der Waals surface area contributed by atoms with Crippen molar-refractivity contribution >= 4 is 11.9 Å². The van der Waals surface area contributed by atoms with E-state index >= 15 is 0 Å². The molecule has 0 bridgehead atoms. The van der Waals surface area contributed by atoms with E-state index in [0.717, 1.165) is 6.42 Å². The number of nitrogens with zero attached hydrogens (tertiary/aromatic N) is 1. The summed E-state index contributed by atoms with van der Waals surface area (Å²) in [5, 5.41) is 8.64. The molecule has 1 saturated heterocycles. The molecule has 20 heavy (non-hydrogen) atoms. The minimum atomic E-state index is -0.891. The zero-order valence-corrected chi connectivity index (χ0v) is 12.2. The van der Waals surface area contributed by atoms with Gasteiger partial charge in [-0.05, 0) is 24.8 Å². The van der Waals surface area contributed by atoms with Crippen molar-refractivity contribution in [3.63, 3.8) is 0 Å². The lowest BCUT2D eigenvalue weighted by molar-refractivity contribution is -0.147. The number of carboxylic acid groups (broad SMARTS) is 1. The van der Waals surface area contributed by atoms with Crippen molar-refractivity contribution in [1.29, 1.82) is 0 Å². The van der Waals surface area contributed by atoms with Gasteiger partial charge in [-0.15, -0.1) is 0 Å². The standard InChI is InChI=1S/C9H12.C7H11NO3/c1-2-6-9-7-4-3-5-8-9;1-5(9)8-4-2-3-6(8)7(10)11/h3-5,7-8H,2,6H2,1H3;6H,2-4H2,1H3,(H,10,11). The fourth-order valence-corrected chi connectivity index (χ4v) is 2.33. The van der Waals surface area contributed by atoms with Crippen LogP contribution in [0.4, 0.5) is 0 Å². The van der Waals surface area contributed by atoms with E-state index in [1.54, 1.807) is 0 Å². The second-order valence-corrected chi connectivity index (χ2v) is 4.94. The van der Waals surface area contributed by atoms with Crippen LogP contribution in [0.15, 0.2) is 30.3 Å². The van der Waals surface area contributed by atoms with Gasteiger partial charge >= 0.3 is 5.97 Å². The molecule has 0 saturated carbocycles. The molecule has 1 fully saturated rings. The number of rotatable bonds is 3. The number of hydrogen-bond donors (Lipinski definition) is 1. The SMILES string of the molecule is CC(=O)N1CCCC1C(=O)O.CCCc1ccccc1. The van der Waals surface area contributed by atoms with Gasteiger partial charge in [0.15, 0.2) is 0 Å². The first kappa shape index (κ1) is 16.2. The summed E-state index contributed by atoms with van der Waals surface area (Å²) in [5.41, 5.74) is 1.44. The summed E-state index contributed by atoms with van der Waals surface area (Å²) in [6.07, 6.45) is 3.84. The molecule has 1 aliphatic heterocycles. The van der Waals surface area contributed by atoms with Crippen LogP contribution in [0.5, 0.6) is 0 Å². The zero-order valence-electron chi connectivity index (χ0n) is 12.2. The van der Waals surface area contributed by atoms with Crippen molar-refractivity contribution in [1.82, 2.24) is 4.90 Å². The average Bonchev–Trinajstić information content (AvgIpc) is 2.90. The lowest BCUT2D eigenvalue weighted by atomic mass is 10.1. The van der Waals surface area contributed by atoms with Crippen LogP contribution in [0.3, 0.4) is 0 Å². The molecule has 110 valence electrons. The third-order valence-electron chi connectivity index (χ3n) is 3.32. The molecule has 1 unspecified atom stereocenters. The molecule has 1 heterocycles. The predicted octanol–water partition coefficient (Wildman–Crippen LogP) is 2.72. The van der Waals surface area contributed by atoms with Crippen molar-refractivity contribution in [3.05, 3.63) is 35.9 Å². The molecule has 0 radical (unpaired) electrons. The Morgan fingerprint density at radius 2 is 1.95 bits per heavy atom. The van der Waals surface area contributed by atoms with Crippen molar-refractivity contribution in [2.24, 2.45) is 0 Å². The van der Waals surface area contributed by atoms with Crippen molar-refractivity contribution in [3.8, 4) is 0 Å². The molecule has 4 heteroatoms. The Bertz CT molecular complexity index is 411. The van der Waals surface area contributed by atoms with Gasteiger partial charge in [0.1, 0.15) is 6.04 Å². The number of carboxylic acids is 1. The van der Waals surface area contributed by atoms with Crippen LogP contribution in [0, 0.1) is 0 Å². The Morgan fingerprint density at radius 1 is 1.30 bits per heavy atom. The molecule has 0 aromatic heterocycles. The zero-order chi connectivity index (χ0) is 15.0. The Kier molecular flexibility index (Phi) is 6.77. The van der Waals surface area contributed by atoms with Crippen molar-refractivity contribution in [2.45, 2.75) is 45.6 Å². The summed E-state index contributed by atoms with van der Waals surface area (Å²) >= 11 is 0. The van der Waals surface area contributed by atoms with E-state index in [1.165, 1.54) is 30.2 Å². The number of benzene rings is 1. The second-order valence-electron chi connectivity index (χ2n) is 4.94. The molecule has 4 nitrogen and oxygen atoms in total. The topological polar surface area (TPSA) is 57.6 Å². The van der Waals surface area contributed by atoms with E-state index in [9.17, 15) is 9.59 Å². The predicted molar refractivity (Wildman–Crippen MR) is 78.5 cm³/mol. The van der Waals surface area contributed by atoms with Crippen LogP contribution in [0.1, 0.15) is 38.7 Å². The number of carbonyl (C=O) groups excluding carboxylic acids is 1. The third-order valence-corrected chi connectivity index (χ3v) is 3.32. The molecule has 1 aliphatic rings. The van der Waals surface area contributed by atoms with Crippen LogP contribution in [0.2, 0.25) is 0 Å². The Hall–Kier alpha value is -1.84. The van der Waals surface area contributed by atoms with Gasteiger partial charge in [0.2, 0.25) is 5.91 Å². The summed E-state index contributed by atoms with van der Waals surface area (Å²) < 4.78 is 0. The molecule has 0 aliphatic carbocycles. The van der Waals surface area contributed by atoms with Gasteiger partial charge in [-0.1, -0.05) is 43.7 Å². The van der Waals surface area contributed by atoms with Crippen LogP contribution in [-0.4, -0.2) is 34.5 Å². The number of aryl methyl sites for hydroxylation is 1. The fraction of sp³-hybridized carbons (Fsp3) is 0.500. The maximum Gasteiger partial charge on any atom is 0.326 e. The highest BCUT2D eigenvalue weighted by atomic mass is 16.4. The first-order valence-corrected chi connectivity index (χ1v) is 7.10. The Morgan fingerprint density at radius 3 is 2.40 bits per heavy atom. The van der Waals surface area contributed by atoms with Crippen molar-refractivity contribution < 1.29 is 14.7 Å². The summed E-state index contributed by atoms with van der Waals surface area (Å²) in [5.74, 6) is -1.03. The largest absolute Gasteiger partial charge is 0.480 e. The molecule has 0 spiro atoms. The number of aliphatic carboxylic acids is 1. The summed E-state index contributed by atoms with van der Waals surface area (Å²) in [6.45, 7) is 4.20. The molecule has 1 aromatic carbocycles. The first-order valence-electron chi connectivity index (χ1n) is 7.10. The van der Waals surface area contributed by atoms with Gasteiger partial charge in [0, 0.05) is 13.5 Å². The Labute approximate surface area is 120 Å². The van der Waals surface area contributed by atoms with Crippen LogP contribution in [0.25, 0.3) is 0 Å². The normalized spacial score (nSPS) is 17.3. The van der Waals surface area contributed by atoms with Gasteiger partial charge in [-0.25, -0.2) is 4.79 Å². The number of carbonyl (C=O) groups is 2. The number of amides is 1. The highest BCUT2D eigenvalue weighted by Gasteiger charge is 2.31. The molecule has 1 N–H and O–H groups in total.